The standard InChI is InChI=1S/C22H23N5/c1-14-8-7-9-15(2)20(14)21-17(4)26-27-19(12-16(3)25-22(21)27)24-13-18-10-5-6-11-23-18/h5-12,24H,13H2,1-4H3. The summed E-state index contributed by atoms with van der Waals surface area (Å²) in [6, 6.07) is 14.3. The molecule has 0 aliphatic rings. The molecule has 0 radical (unpaired) electrons. The number of benzene rings is 1. The zero-order valence-corrected chi connectivity index (χ0v) is 16.1. The lowest BCUT2D eigenvalue weighted by atomic mass is 9.96. The Morgan fingerprint density at radius 3 is 2.41 bits per heavy atom. The molecule has 5 heteroatoms. The maximum atomic E-state index is 4.82. The van der Waals surface area contributed by atoms with Crippen LogP contribution in [0.25, 0.3) is 16.8 Å². The molecule has 5 nitrogen and oxygen atoms in total. The molecule has 0 atom stereocenters. The maximum Gasteiger partial charge on any atom is 0.165 e. The average Bonchev–Trinajstić information content (AvgIpc) is 2.97. The topological polar surface area (TPSA) is 55.1 Å². The molecular formula is C22H23N5. The van der Waals surface area contributed by atoms with Crippen LogP contribution in [0.15, 0.2) is 48.7 Å². The number of nitrogens with zero attached hydrogens (tertiary/aromatic N) is 4. The maximum absolute atomic E-state index is 4.82. The van der Waals surface area contributed by atoms with Crippen molar-refractivity contribution in [3.05, 3.63) is 76.9 Å². The number of hydrogen-bond donors (Lipinski definition) is 1. The van der Waals surface area contributed by atoms with Crippen LogP contribution in [0.2, 0.25) is 0 Å². The van der Waals surface area contributed by atoms with Crippen molar-refractivity contribution in [2.24, 2.45) is 0 Å². The summed E-state index contributed by atoms with van der Waals surface area (Å²) in [5.41, 5.74) is 8.60. The zero-order chi connectivity index (χ0) is 19.0. The van der Waals surface area contributed by atoms with Gasteiger partial charge in [-0.15, -0.1) is 0 Å². The minimum Gasteiger partial charge on any atom is -0.364 e. The van der Waals surface area contributed by atoms with Crippen LogP contribution in [0.4, 0.5) is 5.82 Å². The van der Waals surface area contributed by atoms with E-state index >= 15 is 0 Å². The summed E-state index contributed by atoms with van der Waals surface area (Å²) in [7, 11) is 0. The summed E-state index contributed by atoms with van der Waals surface area (Å²) < 4.78 is 1.91. The number of pyridine rings is 1. The van der Waals surface area contributed by atoms with Crippen molar-refractivity contribution < 1.29 is 0 Å². The first-order valence-electron chi connectivity index (χ1n) is 9.12. The van der Waals surface area contributed by atoms with Crippen molar-refractivity contribution in [2.75, 3.05) is 5.32 Å². The van der Waals surface area contributed by atoms with E-state index in [4.69, 9.17) is 10.1 Å². The molecule has 136 valence electrons. The van der Waals surface area contributed by atoms with Crippen LogP contribution in [0.1, 0.15) is 28.2 Å². The minimum atomic E-state index is 0.636. The highest BCUT2D eigenvalue weighted by Crippen LogP contribution is 2.33. The largest absolute Gasteiger partial charge is 0.364 e. The predicted octanol–water partition coefficient (Wildman–Crippen LogP) is 4.64. The van der Waals surface area contributed by atoms with E-state index in [9.17, 15) is 0 Å². The first-order valence-corrected chi connectivity index (χ1v) is 9.12. The third-order valence-electron chi connectivity index (χ3n) is 4.80. The molecule has 4 rings (SSSR count). The quantitative estimate of drug-likeness (QED) is 0.578. The van der Waals surface area contributed by atoms with Crippen molar-refractivity contribution in [3.8, 4) is 11.1 Å². The highest BCUT2D eigenvalue weighted by Gasteiger charge is 2.18. The highest BCUT2D eigenvalue weighted by molar-refractivity contribution is 5.84. The number of fused-ring (bicyclic) bond motifs is 1. The monoisotopic (exact) mass is 357 g/mol. The SMILES string of the molecule is Cc1cc(NCc2ccccn2)n2nc(C)c(-c3c(C)cccc3C)c2n1. The molecule has 0 spiro atoms. The summed E-state index contributed by atoms with van der Waals surface area (Å²) >= 11 is 0. The molecule has 0 saturated heterocycles. The molecule has 3 aromatic heterocycles. The molecule has 0 fully saturated rings. The number of hydrogen-bond acceptors (Lipinski definition) is 4. The molecule has 1 aromatic carbocycles. The third kappa shape index (κ3) is 3.16. The van der Waals surface area contributed by atoms with E-state index in [2.05, 4.69) is 42.3 Å². The molecule has 0 amide bonds. The molecule has 0 saturated carbocycles. The van der Waals surface area contributed by atoms with Crippen molar-refractivity contribution >= 4 is 11.5 Å². The Morgan fingerprint density at radius 1 is 0.926 bits per heavy atom. The second-order valence-electron chi connectivity index (χ2n) is 6.92. The van der Waals surface area contributed by atoms with Gasteiger partial charge in [-0.1, -0.05) is 24.3 Å². The molecule has 4 aromatic rings. The van der Waals surface area contributed by atoms with Gasteiger partial charge in [0.2, 0.25) is 0 Å². The van der Waals surface area contributed by atoms with Crippen molar-refractivity contribution in [2.45, 2.75) is 34.2 Å². The van der Waals surface area contributed by atoms with E-state index in [0.717, 1.165) is 34.1 Å². The Hall–Kier alpha value is -3.21. The summed E-state index contributed by atoms with van der Waals surface area (Å²) in [4.78, 5) is 9.20. The van der Waals surface area contributed by atoms with Gasteiger partial charge >= 0.3 is 0 Å². The fourth-order valence-corrected chi connectivity index (χ4v) is 3.56. The van der Waals surface area contributed by atoms with E-state index in [0.29, 0.717) is 6.54 Å². The van der Waals surface area contributed by atoms with Gasteiger partial charge in [0.1, 0.15) is 5.82 Å². The Labute approximate surface area is 159 Å². The summed E-state index contributed by atoms with van der Waals surface area (Å²) in [5, 5.41) is 8.26. The van der Waals surface area contributed by atoms with E-state index < -0.39 is 0 Å². The van der Waals surface area contributed by atoms with Crippen LogP contribution in [-0.4, -0.2) is 19.6 Å². The average molecular weight is 357 g/mol. The summed E-state index contributed by atoms with van der Waals surface area (Å²) in [6.07, 6.45) is 1.81. The van der Waals surface area contributed by atoms with Gasteiger partial charge in [-0.2, -0.15) is 9.61 Å². The normalized spacial score (nSPS) is 11.1. The zero-order valence-electron chi connectivity index (χ0n) is 16.1. The van der Waals surface area contributed by atoms with Crippen LogP contribution in [-0.2, 0) is 6.54 Å². The molecule has 1 N–H and O–H groups in total. The van der Waals surface area contributed by atoms with Crippen molar-refractivity contribution in [1.29, 1.82) is 0 Å². The predicted molar refractivity (Wildman–Crippen MR) is 109 cm³/mol. The number of anilines is 1. The van der Waals surface area contributed by atoms with E-state index in [1.807, 2.05) is 48.8 Å². The van der Waals surface area contributed by atoms with Gasteiger partial charge in [-0.05, 0) is 56.5 Å². The smallest absolute Gasteiger partial charge is 0.165 e. The Kier molecular flexibility index (Phi) is 4.36. The van der Waals surface area contributed by atoms with Crippen LogP contribution < -0.4 is 5.32 Å². The number of nitrogens with one attached hydrogen (secondary N) is 1. The summed E-state index contributed by atoms with van der Waals surface area (Å²) in [5.74, 6) is 0.920. The van der Waals surface area contributed by atoms with Gasteiger partial charge in [0.05, 0.1) is 23.5 Å². The van der Waals surface area contributed by atoms with Gasteiger partial charge in [0.15, 0.2) is 5.65 Å². The highest BCUT2D eigenvalue weighted by atomic mass is 15.3. The number of rotatable bonds is 4. The van der Waals surface area contributed by atoms with E-state index in [1.165, 1.54) is 16.7 Å². The molecule has 0 bridgehead atoms. The molecule has 3 heterocycles. The molecule has 0 unspecified atom stereocenters. The molecule has 0 aliphatic heterocycles. The lowest BCUT2D eigenvalue weighted by molar-refractivity contribution is 0.894. The van der Waals surface area contributed by atoms with Crippen LogP contribution in [0.3, 0.4) is 0 Å². The summed E-state index contributed by atoms with van der Waals surface area (Å²) in [6.45, 7) is 8.98. The fraction of sp³-hybridized carbons (Fsp3) is 0.227. The Bertz CT molecular complexity index is 1090. The van der Waals surface area contributed by atoms with Crippen LogP contribution >= 0.6 is 0 Å². The lowest BCUT2D eigenvalue weighted by Gasteiger charge is -2.11. The van der Waals surface area contributed by atoms with Gasteiger partial charge in [0, 0.05) is 18.0 Å². The molecule has 0 aliphatic carbocycles. The lowest BCUT2D eigenvalue weighted by Crippen LogP contribution is -2.07. The fourth-order valence-electron chi connectivity index (χ4n) is 3.56. The van der Waals surface area contributed by atoms with Crippen LogP contribution in [0, 0.1) is 27.7 Å². The Balaban J connectivity index is 1.84. The van der Waals surface area contributed by atoms with Crippen molar-refractivity contribution in [1.82, 2.24) is 19.6 Å². The number of aryl methyl sites for hydroxylation is 4. The molecular weight excluding hydrogens is 334 g/mol. The van der Waals surface area contributed by atoms with Gasteiger partial charge < -0.3 is 5.32 Å². The van der Waals surface area contributed by atoms with Crippen LogP contribution in [0.5, 0.6) is 0 Å². The number of aromatic nitrogens is 4. The first kappa shape index (κ1) is 17.2. The molecule has 27 heavy (non-hydrogen) atoms. The Morgan fingerprint density at radius 2 is 1.70 bits per heavy atom. The van der Waals surface area contributed by atoms with E-state index in [-0.39, 0.29) is 0 Å². The van der Waals surface area contributed by atoms with Gasteiger partial charge in [-0.25, -0.2) is 4.98 Å². The second-order valence-corrected chi connectivity index (χ2v) is 6.92. The third-order valence-corrected chi connectivity index (χ3v) is 4.80. The first-order chi connectivity index (χ1) is 13.0. The van der Waals surface area contributed by atoms with E-state index in [1.54, 1.807) is 0 Å². The second kappa shape index (κ2) is 6.83. The van der Waals surface area contributed by atoms with Gasteiger partial charge in [-0.3, -0.25) is 4.98 Å². The van der Waals surface area contributed by atoms with Gasteiger partial charge in [0.25, 0.3) is 0 Å². The van der Waals surface area contributed by atoms with Crippen molar-refractivity contribution in [3.63, 3.8) is 0 Å². The minimum absolute atomic E-state index is 0.636.